The van der Waals surface area contributed by atoms with Crippen LogP contribution in [-0.4, -0.2) is 44.2 Å². The Morgan fingerprint density at radius 2 is 2.29 bits per heavy atom. The summed E-state index contributed by atoms with van der Waals surface area (Å²) >= 11 is 2.79. The number of nitrogens with zero attached hydrogens (tertiary/aromatic N) is 1. The number of β-lactam (4-membered cyclic amide) rings is 1. The van der Waals surface area contributed by atoms with Gasteiger partial charge in [0.25, 0.3) is 0 Å². The van der Waals surface area contributed by atoms with Crippen molar-refractivity contribution in [1.82, 2.24) is 4.90 Å². The number of carboxylic acids is 1. The van der Waals surface area contributed by atoms with Crippen LogP contribution in [0.5, 0.6) is 0 Å². The predicted octanol–water partition coefficient (Wildman–Crippen LogP) is 0.905. The minimum Gasteiger partial charge on any atom is -0.477 e. The predicted molar refractivity (Wildman–Crippen MR) is 66.2 cm³/mol. The van der Waals surface area contributed by atoms with E-state index in [2.05, 4.69) is 0 Å². The Morgan fingerprint density at radius 1 is 1.65 bits per heavy atom. The van der Waals surface area contributed by atoms with Crippen molar-refractivity contribution in [3.05, 3.63) is 9.93 Å². The molecule has 1 amide bonds. The Morgan fingerprint density at radius 3 is 2.76 bits per heavy atom. The number of aliphatic hydroxyl groups excluding tert-OH is 1. The second-order valence-corrected chi connectivity index (χ2v) is 6.52. The zero-order chi connectivity index (χ0) is 12.7. The van der Waals surface area contributed by atoms with Crippen LogP contribution in [0.2, 0.25) is 0 Å². The van der Waals surface area contributed by atoms with Crippen LogP contribution >= 0.6 is 23.5 Å². The van der Waals surface area contributed by atoms with Gasteiger partial charge in [0, 0.05) is 0 Å². The molecule has 7 heteroatoms. The van der Waals surface area contributed by atoms with Gasteiger partial charge in [0.05, 0.1) is 16.3 Å². The molecular formula is C10H13NO4S2. The van der Waals surface area contributed by atoms with E-state index in [-0.39, 0.29) is 17.0 Å². The van der Waals surface area contributed by atoms with Crippen molar-refractivity contribution in [3.63, 3.8) is 0 Å². The quantitative estimate of drug-likeness (QED) is 0.742. The Kier molecular flexibility index (Phi) is 3.42. The zero-order valence-corrected chi connectivity index (χ0v) is 11.0. The SMILES string of the molecule is CCSC1=C(C(=O)O)N2C(=O)C([C@@H](C)O)[C@@H]2S1. The minimum absolute atomic E-state index is 0.0775. The van der Waals surface area contributed by atoms with E-state index in [4.69, 9.17) is 5.11 Å². The molecule has 2 heterocycles. The molecule has 1 saturated heterocycles. The number of amides is 1. The van der Waals surface area contributed by atoms with E-state index in [1.165, 1.54) is 28.4 Å². The Balaban J connectivity index is 2.26. The van der Waals surface area contributed by atoms with Gasteiger partial charge in [-0.2, -0.15) is 0 Å². The zero-order valence-electron chi connectivity index (χ0n) is 9.41. The third-order valence-corrected chi connectivity index (χ3v) is 5.28. The Bertz CT molecular complexity index is 407. The van der Waals surface area contributed by atoms with E-state index >= 15 is 0 Å². The highest BCUT2D eigenvalue weighted by Crippen LogP contribution is 2.53. The van der Waals surface area contributed by atoms with Crippen LogP contribution in [0.25, 0.3) is 0 Å². The van der Waals surface area contributed by atoms with Crippen molar-refractivity contribution in [1.29, 1.82) is 0 Å². The van der Waals surface area contributed by atoms with Crippen molar-refractivity contribution in [2.24, 2.45) is 5.92 Å². The van der Waals surface area contributed by atoms with Gasteiger partial charge < -0.3 is 10.2 Å². The van der Waals surface area contributed by atoms with Gasteiger partial charge in [-0.1, -0.05) is 18.7 Å². The number of carbonyl (C=O) groups excluding carboxylic acids is 1. The highest BCUT2D eigenvalue weighted by molar-refractivity contribution is 8.22. The fraction of sp³-hybridized carbons (Fsp3) is 0.600. The number of fused-ring (bicyclic) bond motifs is 1. The van der Waals surface area contributed by atoms with Crippen LogP contribution in [0.4, 0.5) is 0 Å². The largest absolute Gasteiger partial charge is 0.477 e. The number of aliphatic hydroxyl groups is 1. The van der Waals surface area contributed by atoms with E-state index in [1.807, 2.05) is 6.92 Å². The van der Waals surface area contributed by atoms with Gasteiger partial charge >= 0.3 is 5.97 Å². The molecule has 0 saturated carbocycles. The lowest BCUT2D eigenvalue weighted by Crippen LogP contribution is -2.60. The molecule has 0 bridgehead atoms. The average Bonchev–Trinajstić information content (AvgIpc) is 2.53. The lowest BCUT2D eigenvalue weighted by Gasteiger charge is -2.43. The first-order chi connectivity index (χ1) is 7.99. The second-order valence-electron chi connectivity index (χ2n) is 3.86. The third kappa shape index (κ3) is 1.86. The number of aliphatic carboxylic acids is 1. The van der Waals surface area contributed by atoms with Crippen LogP contribution in [0.1, 0.15) is 13.8 Å². The Labute approximate surface area is 107 Å². The van der Waals surface area contributed by atoms with Crippen molar-refractivity contribution in [3.8, 4) is 0 Å². The maximum atomic E-state index is 11.8. The van der Waals surface area contributed by atoms with E-state index in [0.29, 0.717) is 4.24 Å². The Hall–Kier alpha value is -0.660. The molecule has 2 aliphatic heterocycles. The highest BCUT2D eigenvalue weighted by atomic mass is 32.2. The molecule has 1 unspecified atom stereocenters. The van der Waals surface area contributed by atoms with Crippen molar-refractivity contribution < 1.29 is 19.8 Å². The van der Waals surface area contributed by atoms with Crippen LogP contribution in [0.15, 0.2) is 9.93 Å². The summed E-state index contributed by atoms with van der Waals surface area (Å²) in [5, 5.41) is 18.4. The summed E-state index contributed by atoms with van der Waals surface area (Å²) in [4.78, 5) is 24.2. The minimum atomic E-state index is -1.08. The number of rotatable bonds is 4. The van der Waals surface area contributed by atoms with Gasteiger partial charge in [-0.15, -0.1) is 11.8 Å². The lowest BCUT2D eigenvalue weighted by molar-refractivity contribution is -0.156. The van der Waals surface area contributed by atoms with E-state index in [1.54, 1.807) is 6.92 Å². The molecule has 2 N–H and O–H groups in total. The molecule has 17 heavy (non-hydrogen) atoms. The second kappa shape index (κ2) is 4.55. The molecule has 2 rings (SSSR count). The van der Waals surface area contributed by atoms with Gasteiger partial charge in [-0.05, 0) is 12.7 Å². The number of hydrogen-bond donors (Lipinski definition) is 2. The van der Waals surface area contributed by atoms with Gasteiger partial charge in [0.2, 0.25) is 5.91 Å². The number of carboxylic acid groups (broad SMARTS) is 1. The summed E-state index contributed by atoms with van der Waals surface area (Å²) in [5.74, 6) is -1.09. The maximum Gasteiger partial charge on any atom is 0.354 e. The molecule has 0 spiro atoms. The van der Waals surface area contributed by atoms with Crippen molar-refractivity contribution >= 4 is 35.4 Å². The molecule has 0 aliphatic carbocycles. The van der Waals surface area contributed by atoms with Crippen molar-refractivity contribution in [2.75, 3.05) is 5.75 Å². The summed E-state index contributed by atoms with van der Waals surface area (Å²) in [6.45, 7) is 3.49. The number of carbonyl (C=O) groups is 2. The standard InChI is InChI=1S/C10H13NO4S2/c1-3-16-10-6(9(14)15)11-7(13)5(4(2)12)8(11)17-10/h4-5,8,12H,3H2,1-2H3,(H,14,15)/t4-,5?,8+/m1/s1. The van der Waals surface area contributed by atoms with Crippen molar-refractivity contribution in [2.45, 2.75) is 25.3 Å². The van der Waals surface area contributed by atoms with Gasteiger partial charge in [0.1, 0.15) is 5.37 Å². The first-order valence-electron chi connectivity index (χ1n) is 5.27. The normalized spacial score (nSPS) is 29.1. The third-order valence-electron chi connectivity index (χ3n) is 2.74. The van der Waals surface area contributed by atoms with Crippen LogP contribution in [0, 0.1) is 5.92 Å². The molecule has 0 radical (unpaired) electrons. The summed E-state index contributed by atoms with van der Waals surface area (Å²) in [6, 6.07) is 0. The topological polar surface area (TPSA) is 77.8 Å². The van der Waals surface area contributed by atoms with Crippen LogP contribution in [0.3, 0.4) is 0 Å². The summed E-state index contributed by atoms with van der Waals surface area (Å²) in [7, 11) is 0. The van der Waals surface area contributed by atoms with E-state index in [0.717, 1.165) is 5.75 Å². The lowest BCUT2D eigenvalue weighted by atomic mass is 9.92. The van der Waals surface area contributed by atoms with E-state index in [9.17, 15) is 14.7 Å². The molecule has 0 aromatic rings. The molecule has 0 aromatic carbocycles. The first-order valence-corrected chi connectivity index (χ1v) is 7.13. The molecular weight excluding hydrogens is 262 g/mol. The maximum absolute atomic E-state index is 11.8. The molecule has 1 fully saturated rings. The first kappa shape index (κ1) is 12.8. The summed E-state index contributed by atoms with van der Waals surface area (Å²) in [5.41, 5.74) is 0.0775. The molecule has 2 aliphatic rings. The van der Waals surface area contributed by atoms with E-state index < -0.39 is 18.0 Å². The van der Waals surface area contributed by atoms with Crippen LogP contribution < -0.4 is 0 Å². The monoisotopic (exact) mass is 275 g/mol. The van der Waals surface area contributed by atoms with Gasteiger partial charge in [-0.3, -0.25) is 9.69 Å². The smallest absolute Gasteiger partial charge is 0.354 e. The highest BCUT2D eigenvalue weighted by Gasteiger charge is 2.57. The molecule has 5 nitrogen and oxygen atoms in total. The number of hydrogen-bond acceptors (Lipinski definition) is 5. The fourth-order valence-electron chi connectivity index (χ4n) is 1.98. The van der Waals surface area contributed by atoms with Crippen LogP contribution in [-0.2, 0) is 9.59 Å². The van der Waals surface area contributed by atoms with Gasteiger partial charge in [-0.25, -0.2) is 4.79 Å². The number of thioether (sulfide) groups is 2. The molecule has 3 atom stereocenters. The molecule has 94 valence electrons. The molecule has 0 aromatic heterocycles. The fourth-order valence-corrected chi connectivity index (χ4v) is 4.81. The summed E-state index contributed by atoms with van der Waals surface area (Å²) in [6.07, 6.45) is -0.739. The summed E-state index contributed by atoms with van der Waals surface area (Å²) < 4.78 is 0.668. The van der Waals surface area contributed by atoms with Gasteiger partial charge in [0.15, 0.2) is 5.70 Å². The average molecular weight is 275 g/mol.